The van der Waals surface area contributed by atoms with Gasteiger partial charge in [0.1, 0.15) is 5.75 Å². The molecule has 3 rings (SSSR count). The Morgan fingerprint density at radius 2 is 1.23 bits per heavy atom. The highest BCUT2D eigenvalue weighted by molar-refractivity contribution is 8.33. The lowest BCUT2D eigenvalue weighted by Gasteiger charge is -2.39. The van der Waals surface area contributed by atoms with Crippen molar-refractivity contribution in [1.82, 2.24) is 0 Å². The first-order chi connectivity index (χ1) is 14.1. The molecule has 1 unspecified atom stereocenters. The second-order valence-corrected chi connectivity index (χ2v) is 10.8. The lowest BCUT2D eigenvalue weighted by molar-refractivity contribution is -0.0496. The summed E-state index contributed by atoms with van der Waals surface area (Å²) < 4.78 is 74.7. The second-order valence-electron chi connectivity index (χ2n) is 5.97. The molecule has 10 heteroatoms. The van der Waals surface area contributed by atoms with E-state index in [1.165, 1.54) is 67.8 Å². The van der Waals surface area contributed by atoms with Crippen LogP contribution in [-0.2, 0) is 13.7 Å². The molecule has 0 saturated carbocycles. The molecule has 0 saturated heterocycles. The number of hydrogen-bond acceptors (Lipinski definition) is 4. The Kier molecular flexibility index (Phi) is 6.37. The van der Waals surface area contributed by atoms with Crippen molar-refractivity contribution in [1.29, 1.82) is 0 Å². The van der Waals surface area contributed by atoms with E-state index in [1.807, 2.05) is 0 Å². The molecule has 3 aromatic rings. The molecule has 0 N–H and O–H groups in total. The van der Waals surface area contributed by atoms with Gasteiger partial charge in [-0.1, -0.05) is 29.8 Å². The average Bonchev–Trinajstić information content (AvgIpc) is 2.72. The van der Waals surface area contributed by atoms with Gasteiger partial charge in [0.2, 0.25) is 0 Å². The first-order valence-corrected chi connectivity index (χ1v) is 11.7. The van der Waals surface area contributed by atoms with E-state index in [-0.39, 0.29) is 14.7 Å². The zero-order valence-electron chi connectivity index (χ0n) is 15.5. The van der Waals surface area contributed by atoms with E-state index in [0.29, 0.717) is 10.8 Å². The normalized spacial score (nSPS) is 15.2. The van der Waals surface area contributed by atoms with Gasteiger partial charge >= 0.3 is 15.6 Å². The standard InChI is InChI=1S/C20H16ClF3O4S2/c1-27-16-9-13-19(14-10-16)29(17-5-3-2-4-6-17,18-11-7-15(21)8-12-18)28-30(25,26)20(22,23)24/h2-14H,1H3. The molecule has 0 aliphatic rings. The van der Waals surface area contributed by atoms with Crippen LogP contribution in [0.25, 0.3) is 0 Å². The van der Waals surface area contributed by atoms with Crippen molar-refractivity contribution in [2.24, 2.45) is 0 Å². The summed E-state index contributed by atoms with van der Waals surface area (Å²) in [7, 11) is -7.85. The highest BCUT2D eigenvalue weighted by Crippen LogP contribution is 2.70. The molecule has 0 aromatic heterocycles. The van der Waals surface area contributed by atoms with Crippen LogP contribution in [0, 0.1) is 0 Å². The van der Waals surface area contributed by atoms with Gasteiger partial charge < -0.3 is 4.74 Å². The molecule has 0 aliphatic carbocycles. The molecule has 0 radical (unpaired) electrons. The van der Waals surface area contributed by atoms with Crippen molar-refractivity contribution >= 4 is 32.0 Å². The zero-order valence-corrected chi connectivity index (χ0v) is 17.9. The summed E-state index contributed by atoms with van der Waals surface area (Å²) >= 11 is 5.95. The van der Waals surface area contributed by atoms with Crippen LogP contribution >= 0.6 is 21.9 Å². The summed E-state index contributed by atoms with van der Waals surface area (Å²) in [4.78, 5) is 0.742. The van der Waals surface area contributed by atoms with E-state index in [9.17, 15) is 21.6 Å². The van der Waals surface area contributed by atoms with Crippen LogP contribution < -0.4 is 4.74 Å². The van der Waals surface area contributed by atoms with Gasteiger partial charge in [0, 0.05) is 19.7 Å². The summed E-state index contributed by atoms with van der Waals surface area (Å²) in [5.74, 6) is 0.454. The minimum atomic E-state index is -5.95. The third-order valence-electron chi connectivity index (χ3n) is 4.09. The minimum Gasteiger partial charge on any atom is -0.497 e. The van der Waals surface area contributed by atoms with E-state index < -0.39 is 25.9 Å². The highest BCUT2D eigenvalue weighted by Gasteiger charge is 2.52. The third-order valence-corrected chi connectivity index (χ3v) is 9.25. The Balaban J connectivity index is 2.37. The van der Waals surface area contributed by atoms with Crippen LogP contribution in [0.5, 0.6) is 5.75 Å². The Morgan fingerprint density at radius 3 is 1.70 bits per heavy atom. The molecule has 0 heterocycles. The smallest absolute Gasteiger partial charge is 0.497 e. The number of ether oxygens (including phenoxy) is 1. The van der Waals surface area contributed by atoms with Crippen molar-refractivity contribution in [3.63, 3.8) is 0 Å². The summed E-state index contributed by atoms with van der Waals surface area (Å²) in [6.45, 7) is 0. The van der Waals surface area contributed by atoms with Gasteiger partial charge in [-0.2, -0.15) is 25.2 Å². The monoisotopic (exact) mass is 476 g/mol. The number of rotatable bonds is 6. The van der Waals surface area contributed by atoms with Crippen LogP contribution in [0.4, 0.5) is 13.2 Å². The van der Waals surface area contributed by atoms with Crippen LogP contribution in [-0.4, -0.2) is 21.0 Å². The van der Waals surface area contributed by atoms with Crippen LogP contribution in [0.3, 0.4) is 0 Å². The first-order valence-electron chi connectivity index (χ1n) is 8.40. The second kappa shape index (κ2) is 8.50. The van der Waals surface area contributed by atoms with Gasteiger partial charge in [0.25, 0.3) is 0 Å². The Labute approximate surface area is 178 Å². The largest absolute Gasteiger partial charge is 0.524 e. The maximum atomic E-state index is 13.4. The molecule has 30 heavy (non-hydrogen) atoms. The molecular weight excluding hydrogens is 461 g/mol. The fourth-order valence-corrected chi connectivity index (χ4v) is 7.55. The Morgan fingerprint density at radius 1 is 0.767 bits per heavy atom. The summed E-state index contributed by atoms with van der Waals surface area (Å²) in [6, 6.07) is 19.8. The summed E-state index contributed by atoms with van der Waals surface area (Å²) in [5.41, 5.74) is -5.60. The molecular formula is C20H16ClF3O4S2. The lowest BCUT2D eigenvalue weighted by Crippen LogP contribution is -2.27. The molecule has 4 nitrogen and oxygen atoms in total. The van der Waals surface area contributed by atoms with Gasteiger partial charge in [0.05, 0.1) is 7.11 Å². The van der Waals surface area contributed by atoms with E-state index in [2.05, 4.69) is 0 Å². The highest BCUT2D eigenvalue weighted by atomic mass is 35.5. The predicted molar refractivity (Wildman–Crippen MR) is 109 cm³/mol. The topological polar surface area (TPSA) is 52.6 Å². The van der Waals surface area contributed by atoms with Crippen molar-refractivity contribution in [3.05, 3.63) is 83.9 Å². The predicted octanol–water partition coefficient (Wildman–Crippen LogP) is 6.41. The number of benzene rings is 3. The van der Waals surface area contributed by atoms with Crippen molar-refractivity contribution in [2.45, 2.75) is 20.2 Å². The fourth-order valence-electron chi connectivity index (χ4n) is 2.70. The minimum absolute atomic E-state index is 0.232. The van der Waals surface area contributed by atoms with Gasteiger partial charge in [-0.15, -0.1) is 0 Å². The number of halogens is 4. The third kappa shape index (κ3) is 4.29. The van der Waals surface area contributed by atoms with Gasteiger partial charge in [0.15, 0.2) is 0 Å². The molecule has 3 aromatic carbocycles. The quantitative estimate of drug-likeness (QED) is 0.386. The van der Waals surface area contributed by atoms with E-state index in [4.69, 9.17) is 20.0 Å². The maximum absolute atomic E-state index is 13.4. The number of alkyl halides is 3. The van der Waals surface area contributed by atoms with E-state index in [1.54, 1.807) is 18.2 Å². The summed E-state index contributed by atoms with van der Waals surface area (Å²) in [6.07, 6.45) is 0. The van der Waals surface area contributed by atoms with Gasteiger partial charge in [-0.25, -0.2) is 0 Å². The number of hydrogen-bond donors (Lipinski definition) is 0. The maximum Gasteiger partial charge on any atom is 0.524 e. The van der Waals surface area contributed by atoms with E-state index in [0.717, 1.165) is 0 Å². The summed E-state index contributed by atoms with van der Waals surface area (Å²) in [5, 5.41) is 0.341. The fraction of sp³-hybridized carbons (Fsp3) is 0.100. The van der Waals surface area contributed by atoms with Crippen LogP contribution in [0.1, 0.15) is 0 Å². The Bertz CT molecular complexity index is 1100. The van der Waals surface area contributed by atoms with Crippen molar-refractivity contribution < 1.29 is 30.0 Å². The van der Waals surface area contributed by atoms with Gasteiger partial charge in [-0.3, -0.25) is 0 Å². The van der Waals surface area contributed by atoms with Crippen molar-refractivity contribution in [2.75, 3.05) is 7.11 Å². The Hall–Kier alpha value is -2.20. The van der Waals surface area contributed by atoms with Gasteiger partial charge in [-0.05, 0) is 71.0 Å². The zero-order chi connectivity index (χ0) is 22.0. The molecule has 160 valence electrons. The number of methoxy groups -OCH3 is 1. The molecule has 0 fully saturated rings. The van der Waals surface area contributed by atoms with Crippen molar-refractivity contribution in [3.8, 4) is 5.75 Å². The first kappa shape index (κ1) is 22.5. The average molecular weight is 477 g/mol. The molecule has 0 bridgehead atoms. The molecule has 0 aliphatic heterocycles. The van der Waals surface area contributed by atoms with Crippen LogP contribution in [0.2, 0.25) is 5.02 Å². The molecule has 0 spiro atoms. The van der Waals surface area contributed by atoms with E-state index >= 15 is 0 Å². The SMILES string of the molecule is COc1ccc(S(OS(=O)(=O)C(F)(F)F)(c2ccccc2)c2ccc(Cl)cc2)cc1. The molecule has 1 atom stereocenters. The molecule has 0 amide bonds. The van der Waals surface area contributed by atoms with Crippen LogP contribution in [0.15, 0.2) is 93.5 Å². The lowest BCUT2D eigenvalue weighted by atomic mass is 10.3.